The van der Waals surface area contributed by atoms with Gasteiger partial charge in [0.2, 0.25) is 5.91 Å². The zero-order valence-electron chi connectivity index (χ0n) is 18.1. The Morgan fingerprint density at radius 1 is 1.00 bits per heavy atom. The summed E-state index contributed by atoms with van der Waals surface area (Å²) in [4.78, 5) is 26.2. The highest BCUT2D eigenvalue weighted by Gasteiger charge is 2.37. The minimum atomic E-state index is -0.768. The van der Waals surface area contributed by atoms with Crippen LogP contribution >= 0.6 is 23.2 Å². The number of nitrogens with zero attached hydrogens (tertiary/aromatic N) is 1. The molecule has 5 nitrogen and oxygen atoms in total. The minimum Gasteiger partial charge on any atom is -0.437 e. The summed E-state index contributed by atoms with van der Waals surface area (Å²) >= 11 is 13.2. The van der Waals surface area contributed by atoms with Crippen molar-refractivity contribution in [1.82, 2.24) is 4.90 Å². The SMILES string of the molecule is COC(=O)Oc1ccc(-c2cc(Cl)c(CN3CCC(C4CCCCC4)C3=O)c(Cl)c2)cc1. The molecule has 2 fully saturated rings. The number of carbonyl (C=O) groups is 2. The maximum atomic E-state index is 13.0. The lowest BCUT2D eigenvalue weighted by Gasteiger charge is -2.26. The van der Waals surface area contributed by atoms with Crippen LogP contribution in [0.2, 0.25) is 10.0 Å². The van der Waals surface area contributed by atoms with Crippen LogP contribution in [-0.2, 0) is 16.1 Å². The fourth-order valence-corrected chi connectivity index (χ4v) is 5.47. The third-order valence-electron chi connectivity index (χ3n) is 6.60. The molecule has 4 rings (SSSR count). The molecule has 1 aliphatic heterocycles. The van der Waals surface area contributed by atoms with Crippen LogP contribution in [0, 0.1) is 11.8 Å². The molecular weight excluding hydrogens is 449 g/mol. The molecule has 2 aliphatic rings. The predicted octanol–water partition coefficient (Wildman–Crippen LogP) is 6.73. The molecule has 0 bridgehead atoms. The highest BCUT2D eigenvalue weighted by molar-refractivity contribution is 6.36. The maximum Gasteiger partial charge on any atom is 0.513 e. The van der Waals surface area contributed by atoms with Gasteiger partial charge in [-0.25, -0.2) is 4.79 Å². The molecule has 32 heavy (non-hydrogen) atoms. The molecule has 1 heterocycles. The van der Waals surface area contributed by atoms with Gasteiger partial charge in [-0.1, -0.05) is 54.6 Å². The van der Waals surface area contributed by atoms with E-state index < -0.39 is 6.16 Å². The number of likely N-dealkylation sites (tertiary alicyclic amines) is 1. The lowest BCUT2D eigenvalue weighted by molar-refractivity contribution is -0.133. The van der Waals surface area contributed by atoms with Crippen LogP contribution in [0.3, 0.4) is 0 Å². The molecule has 2 aromatic carbocycles. The van der Waals surface area contributed by atoms with E-state index >= 15 is 0 Å². The first-order valence-electron chi connectivity index (χ1n) is 11.1. The minimum absolute atomic E-state index is 0.151. The quantitative estimate of drug-likeness (QED) is 0.355. The monoisotopic (exact) mass is 475 g/mol. The Labute approximate surface area is 198 Å². The fourth-order valence-electron chi connectivity index (χ4n) is 4.86. The molecule has 0 N–H and O–H groups in total. The van der Waals surface area contributed by atoms with Gasteiger partial charge in [0.25, 0.3) is 0 Å². The Kier molecular flexibility index (Phi) is 7.27. The van der Waals surface area contributed by atoms with Crippen LogP contribution in [0.15, 0.2) is 36.4 Å². The lowest BCUT2D eigenvalue weighted by Crippen LogP contribution is -2.30. The number of carbonyl (C=O) groups excluding carboxylic acids is 2. The zero-order chi connectivity index (χ0) is 22.7. The van der Waals surface area contributed by atoms with Gasteiger partial charge in [-0.05, 0) is 60.6 Å². The van der Waals surface area contributed by atoms with Gasteiger partial charge in [0.15, 0.2) is 0 Å². The van der Waals surface area contributed by atoms with Gasteiger partial charge >= 0.3 is 6.16 Å². The predicted molar refractivity (Wildman–Crippen MR) is 125 cm³/mol. The average molecular weight is 476 g/mol. The summed E-state index contributed by atoms with van der Waals surface area (Å²) in [5, 5.41) is 1.08. The Balaban J connectivity index is 1.46. The normalized spacial score (nSPS) is 19.3. The highest BCUT2D eigenvalue weighted by Crippen LogP contribution is 2.38. The van der Waals surface area contributed by atoms with Gasteiger partial charge in [0.1, 0.15) is 5.75 Å². The molecule has 1 aliphatic carbocycles. The van der Waals surface area contributed by atoms with Crippen molar-refractivity contribution in [3.63, 3.8) is 0 Å². The first-order chi connectivity index (χ1) is 15.5. The van der Waals surface area contributed by atoms with E-state index in [1.54, 1.807) is 12.1 Å². The third-order valence-corrected chi connectivity index (χ3v) is 7.28. The fraction of sp³-hybridized carbons (Fsp3) is 0.440. The average Bonchev–Trinajstić information content (AvgIpc) is 3.17. The van der Waals surface area contributed by atoms with Gasteiger partial charge in [-0.2, -0.15) is 0 Å². The van der Waals surface area contributed by atoms with Gasteiger partial charge in [0.05, 0.1) is 7.11 Å². The number of methoxy groups -OCH3 is 1. The lowest BCUT2D eigenvalue weighted by atomic mass is 9.79. The highest BCUT2D eigenvalue weighted by atomic mass is 35.5. The number of ether oxygens (including phenoxy) is 2. The maximum absolute atomic E-state index is 13.0. The Morgan fingerprint density at radius 3 is 2.28 bits per heavy atom. The molecule has 1 amide bonds. The molecule has 0 radical (unpaired) electrons. The largest absolute Gasteiger partial charge is 0.513 e. The van der Waals surface area contributed by atoms with Crippen molar-refractivity contribution in [2.45, 2.75) is 45.1 Å². The smallest absolute Gasteiger partial charge is 0.437 e. The standard InChI is InChI=1S/C25H27Cl2NO4/c1-31-25(30)32-19-9-7-16(8-10-19)18-13-22(26)21(23(27)14-18)15-28-12-11-20(24(28)29)17-5-3-2-4-6-17/h7-10,13-14,17,20H,2-6,11-12,15H2,1H3. The van der Waals surface area contributed by atoms with Crippen molar-refractivity contribution < 1.29 is 19.1 Å². The van der Waals surface area contributed by atoms with Crippen LogP contribution in [0.4, 0.5) is 4.79 Å². The van der Waals surface area contributed by atoms with Crippen LogP contribution in [0.5, 0.6) is 5.75 Å². The van der Waals surface area contributed by atoms with Gasteiger partial charge in [-0.15, -0.1) is 0 Å². The summed E-state index contributed by atoms with van der Waals surface area (Å²) in [6.45, 7) is 1.20. The van der Waals surface area contributed by atoms with Crippen molar-refractivity contribution >= 4 is 35.3 Å². The second kappa shape index (κ2) is 10.1. The number of benzene rings is 2. The second-order valence-electron chi connectivity index (χ2n) is 8.55. The van der Waals surface area contributed by atoms with Crippen molar-refractivity contribution in [1.29, 1.82) is 0 Å². The molecule has 0 aromatic heterocycles. The van der Waals surface area contributed by atoms with E-state index in [-0.39, 0.29) is 11.8 Å². The molecule has 170 valence electrons. The first kappa shape index (κ1) is 22.9. The number of hydrogen-bond acceptors (Lipinski definition) is 4. The summed E-state index contributed by atoms with van der Waals surface area (Å²) in [5.41, 5.74) is 2.51. The molecule has 2 aromatic rings. The van der Waals surface area contributed by atoms with E-state index in [4.69, 9.17) is 27.9 Å². The molecule has 0 spiro atoms. The Morgan fingerprint density at radius 2 is 1.66 bits per heavy atom. The zero-order valence-corrected chi connectivity index (χ0v) is 19.6. The van der Waals surface area contributed by atoms with E-state index in [1.165, 1.54) is 39.2 Å². The first-order valence-corrected chi connectivity index (χ1v) is 11.8. The summed E-state index contributed by atoms with van der Waals surface area (Å²) in [7, 11) is 1.26. The van der Waals surface area contributed by atoms with E-state index in [0.717, 1.165) is 29.7 Å². The molecule has 1 saturated carbocycles. The molecule has 7 heteroatoms. The summed E-state index contributed by atoms with van der Waals surface area (Å²) in [5.74, 6) is 1.31. The van der Waals surface area contributed by atoms with Crippen molar-refractivity contribution in [2.24, 2.45) is 11.8 Å². The van der Waals surface area contributed by atoms with Crippen molar-refractivity contribution in [2.75, 3.05) is 13.7 Å². The number of amides is 1. The van der Waals surface area contributed by atoms with Gasteiger partial charge in [0, 0.05) is 34.6 Å². The molecule has 1 saturated heterocycles. The Hall–Kier alpha value is -2.24. The van der Waals surface area contributed by atoms with Crippen LogP contribution in [-0.4, -0.2) is 30.6 Å². The summed E-state index contributed by atoms with van der Waals surface area (Å²) in [6, 6.07) is 10.7. The number of rotatable bonds is 5. The van der Waals surface area contributed by atoms with Gasteiger partial charge in [-0.3, -0.25) is 4.79 Å². The van der Waals surface area contributed by atoms with Gasteiger partial charge < -0.3 is 14.4 Å². The number of hydrogen-bond donors (Lipinski definition) is 0. The van der Waals surface area contributed by atoms with Crippen LogP contribution in [0.25, 0.3) is 11.1 Å². The summed E-state index contributed by atoms with van der Waals surface area (Å²) in [6.07, 6.45) is 6.27. The molecular formula is C25H27Cl2NO4. The van der Waals surface area contributed by atoms with E-state index in [1.807, 2.05) is 29.2 Å². The van der Waals surface area contributed by atoms with Crippen molar-refractivity contribution in [3.8, 4) is 16.9 Å². The van der Waals surface area contributed by atoms with Crippen LogP contribution in [0.1, 0.15) is 44.1 Å². The van der Waals surface area contributed by atoms with E-state index in [2.05, 4.69) is 4.74 Å². The summed E-state index contributed by atoms with van der Waals surface area (Å²) < 4.78 is 9.50. The molecule has 1 atom stereocenters. The Bertz CT molecular complexity index is 963. The van der Waals surface area contributed by atoms with Crippen molar-refractivity contribution in [3.05, 3.63) is 52.0 Å². The second-order valence-corrected chi connectivity index (χ2v) is 9.37. The van der Waals surface area contributed by atoms with E-state index in [9.17, 15) is 9.59 Å². The topological polar surface area (TPSA) is 55.8 Å². The third kappa shape index (κ3) is 5.05. The number of halogens is 2. The van der Waals surface area contributed by atoms with Crippen LogP contribution < -0.4 is 4.74 Å². The molecule has 1 unspecified atom stereocenters. The van der Waals surface area contributed by atoms with E-state index in [0.29, 0.717) is 28.3 Å².